The molecule has 4 rings (SSSR count). The number of nitrogens with one attached hydrogen (secondary N) is 3. The van der Waals surface area contributed by atoms with Crippen LogP contribution in [0, 0.1) is 5.41 Å². The highest BCUT2D eigenvalue weighted by Gasteiger charge is 2.39. The topological polar surface area (TPSA) is 90.5 Å². The van der Waals surface area contributed by atoms with Gasteiger partial charge in [0, 0.05) is 37.7 Å². The van der Waals surface area contributed by atoms with E-state index in [4.69, 9.17) is 0 Å². The van der Waals surface area contributed by atoms with E-state index in [2.05, 4.69) is 35.9 Å². The third-order valence-corrected chi connectivity index (χ3v) is 6.50. The van der Waals surface area contributed by atoms with E-state index in [9.17, 15) is 14.4 Å². The van der Waals surface area contributed by atoms with Crippen LogP contribution in [0.3, 0.4) is 0 Å². The Morgan fingerprint density at radius 3 is 2.76 bits per heavy atom. The third kappa shape index (κ3) is 4.07. The van der Waals surface area contributed by atoms with E-state index in [0.717, 1.165) is 30.8 Å². The molecule has 29 heavy (non-hydrogen) atoms. The van der Waals surface area contributed by atoms with Crippen molar-refractivity contribution in [3.63, 3.8) is 0 Å². The highest BCUT2D eigenvalue weighted by Crippen LogP contribution is 2.29. The molecule has 1 aromatic carbocycles. The molecule has 3 N–H and O–H groups in total. The summed E-state index contributed by atoms with van der Waals surface area (Å²) in [5.41, 5.74) is 2.94. The number of rotatable bonds is 6. The molecule has 7 nitrogen and oxygen atoms in total. The number of piperidine rings is 1. The van der Waals surface area contributed by atoms with Gasteiger partial charge in [0.15, 0.2) is 0 Å². The Bertz CT molecular complexity index is 829. The quantitative estimate of drug-likeness (QED) is 0.629. The zero-order valence-corrected chi connectivity index (χ0v) is 17.2. The Balaban J connectivity index is 1.37. The summed E-state index contributed by atoms with van der Waals surface area (Å²) in [6.45, 7) is 7.78. The number of nitrogens with zero attached hydrogens (tertiary/aromatic N) is 1. The summed E-state index contributed by atoms with van der Waals surface area (Å²) in [5, 5.41) is 9.50. The second kappa shape index (κ2) is 7.88. The van der Waals surface area contributed by atoms with Crippen LogP contribution in [0.5, 0.6) is 0 Å². The van der Waals surface area contributed by atoms with E-state index in [0.29, 0.717) is 24.6 Å². The smallest absolute Gasteiger partial charge is 0.255 e. The second-order valence-electron chi connectivity index (χ2n) is 9.13. The molecule has 7 heteroatoms. The number of fused-ring (bicyclic) bond motifs is 1. The van der Waals surface area contributed by atoms with E-state index in [-0.39, 0.29) is 29.6 Å². The number of hydrogen-bond donors (Lipinski definition) is 3. The molecule has 0 spiro atoms. The minimum absolute atomic E-state index is 0.123. The molecule has 0 aliphatic carbocycles. The standard InChI is InChI=1S/C22H30N4O3/c1-22(2,18-4-3-9-24-18)13-23-11-14-5-6-16-15(10-14)12-26(21(16)29)17-7-8-19(27)25-20(17)28/h5-6,10,17-18,23-24H,3-4,7-9,11-13H2,1-2H3,(H,25,27,28). The van der Waals surface area contributed by atoms with E-state index in [1.54, 1.807) is 4.90 Å². The van der Waals surface area contributed by atoms with Gasteiger partial charge < -0.3 is 15.5 Å². The largest absolute Gasteiger partial charge is 0.322 e. The lowest BCUT2D eigenvalue weighted by molar-refractivity contribution is -0.136. The van der Waals surface area contributed by atoms with Crippen LogP contribution in [0.15, 0.2) is 18.2 Å². The van der Waals surface area contributed by atoms with Crippen LogP contribution in [0.2, 0.25) is 0 Å². The minimum Gasteiger partial charge on any atom is -0.322 e. The number of amides is 3. The fourth-order valence-corrected chi connectivity index (χ4v) is 4.74. The van der Waals surface area contributed by atoms with Gasteiger partial charge in [0.25, 0.3) is 5.91 Å². The molecule has 0 saturated carbocycles. The number of imide groups is 1. The van der Waals surface area contributed by atoms with Crippen LogP contribution in [0.1, 0.15) is 61.0 Å². The van der Waals surface area contributed by atoms with Crippen molar-refractivity contribution in [3.8, 4) is 0 Å². The first-order valence-electron chi connectivity index (χ1n) is 10.6. The van der Waals surface area contributed by atoms with Gasteiger partial charge in [0.1, 0.15) is 6.04 Å². The van der Waals surface area contributed by atoms with E-state index >= 15 is 0 Å². The van der Waals surface area contributed by atoms with Crippen molar-refractivity contribution >= 4 is 17.7 Å². The third-order valence-electron chi connectivity index (χ3n) is 6.50. The Morgan fingerprint density at radius 2 is 2.03 bits per heavy atom. The predicted molar refractivity (Wildman–Crippen MR) is 109 cm³/mol. The average Bonchev–Trinajstić information content (AvgIpc) is 3.31. The molecule has 3 aliphatic rings. The molecule has 0 aromatic heterocycles. The van der Waals surface area contributed by atoms with Gasteiger partial charge in [-0.25, -0.2) is 0 Å². The Hall–Kier alpha value is -2.25. The van der Waals surface area contributed by atoms with Crippen molar-refractivity contribution in [3.05, 3.63) is 34.9 Å². The van der Waals surface area contributed by atoms with Gasteiger partial charge >= 0.3 is 0 Å². The maximum absolute atomic E-state index is 12.8. The molecule has 0 radical (unpaired) electrons. The fourth-order valence-electron chi connectivity index (χ4n) is 4.74. The second-order valence-corrected chi connectivity index (χ2v) is 9.13. The average molecular weight is 399 g/mol. The molecule has 2 fully saturated rings. The molecule has 1 aromatic rings. The van der Waals surface area contributed by atoms with Crippen molar-refractivity contribution in [2.45, 2.75) is 64.7 Å². The van der Waals surface area contributed by atoms with Crippen molar-refractivity contribution in [2.75, 3.05) is 13.1 Å². The first-order valence-corrected chi connectivity index (χ1v) is 10.6. The Morgan fingerprint density at radius 1 is 1.21 bits per heavy atom. The molecule has 2 atom stereocenters. The number of benzene rings is 1. The van der Waals surface area contributed by atoms with Crippen molar-refractivity contribution in [1.82, 2.24) is 20.9 Å². The van der Waals surface area contributed by atoms with Crippen molar-refractivity contribution in [1.29, 1.82) is 0 Å². The summed E-state index contributed by atoms with van der Waals surface area (Å²) in [6.07, 6.45) is 3.14. The first-order chi connectivity index (χ1) is 13.8. The lowest BCUT2D eigenvalue weighted by Crippen LogP contribution is -2.52. The zero-order valence-electron chi connectivity index (χ0n) is 17.2. The monoisotopic (exact) mass is 398 g/mol. The van der Waals surface area contributed by atoms with Gasteiger partial charge in [-0.2, -0.15) is 0 Å². The minimum atomic E-state index is -0.561. The van der Waals surface area contributed by atoms with E-state index < -0.39 is 6.04 Å². The van der Waals surface area contributed by atoms with Crippen molar-refractivity contribution < 1.29 is 14.4 Å². The van der Waals surface area contributed by atoms with Gasteiger partial charge in [0.05, 0.1) is 0 Å². The summed E-state index contributed by atoms with van der Waals surface area (Å²) in [4.78, 5) is 37.9. The summed E-state index contributed by atoms with van der Waals surface area (Å²) >= 11 is 0. The molecule has 2 saturated heterocycles. The molecule has 3 heterocycles. The summed E-state index contributed by atoms with van der Waals surface area (Å²) in [6, 6.07) is 5.90. The maximum Gasteiger partial charge on any atom is 0.255 e. The summed E-state index contributed by atoms with van der Waals surface area (Å²) in [5.74, 6) is -0.756. The summed E-state index contributed by atoms with van der Waals surface area (Å²) in [7, 11) is 0. The maximum atomic E-state index is 12.8. The first kappa shape index (κ1) is 20.0. The normalized spacial score (nSPS) is 24.8. The Labute approximate surface area is 171 Å². The van der Waals surface area contributed by atoms with Gasteiger partial charge in [-0.05, 0) is 48.4 Å². The van der Waals surface area contributed by atoms with Crippen LogP contribution in [0.25, 0.3) is 0 Å². The molecular weight excluding hydrogens is 368 g/mol. The Kier molecular flexibility index (Phi) is 5.44. The zero-order chi connectivity index (χ0) is 20.6. The molecule has 3 amide bonds. The summed E-state index contributed by atoms with van der Waals surface area (Å²) < 4.78 is 0. The predicted octanol–water partition coefficient (Wildman–Crippen LogP) is 1.32. The van der Waals surface area contributed by atoms with Crippen molar-refractivity contribution in [2.24, 2.45) is 5.41 Å². The molecule has 2 unspecified atom stereocenters. The lowest BCUT2D eigenvalue weighted by Gasteiger charge is -2.32. The van der Waals surface area contributed by atoms with Gasteiger partial charge in [-0.15, -0.1) is 0 Å². The van der Waals surface area contributed by atoms with Gasteiger partial charge in [0.2, 0.25) is 11.8 Å². The van der Waals surface area contributed by atoms with Crippen LogP contribution in [-0.4, -0.2) is 47.8 Å². The number of carbonyl (C=O) groups excluding carboxylic acids is 3. The SMILES string of the molecule is CC(C)(CNCc1ccc2c(c1)CN(C1CCC(=O)NC1=O)C2=O)C1CCCN1. The molecular formula is C22H30N4O3. The highest BCUT2D eigenvalue weighted by atomic mass is 16.2. The lowest BCUT2D eigenvalue weighted by atomic mass is 9.83. The van der Waals surface area contributed by atoms with Crippen LogP contribution < -0.4 is 16.0 Å². The number of carbonyl (C=O) groups is 3. The van der Waals surface area contributed by atoms with Crippen LogP contribution in [-0.2, 0) is 22.7 Å². The van der Waals surface area contributed by atoms with Crippen LogP contribution >= 0.6 is 0 Å². The number of hydrogen-bond acceptors (Lipinski definition) is 5. The van der Waals surface area contributed by atoms with Gasteiger partial charge in [-0.1, -0.05) is 26.0 Å². The van der Waals surface area contributed by atoms with E-state index in [1.807, 2.05) is 12.1 Å². The van der Waals surface area contributed by atoms with Gasteiger partial charge in [-0.3, -0.25) is 19.7 Å². The molecule has 156 valence electrons. The molecule has 3 aliphatic heterocycles. The van der Waals surface area contributed by atoms with Crippen LogP contribution in [0.4, 0.5) is 0 Å². The highest BCUT2D eigenvalue weighted by molar-refractivity contribution is 6.05. The fraction of sp³-hybridized carbons (Fsp3) is 0.591. The van der Waals surface area contributed by atoms with E-state index in [1.165, 1.54) is 12.8 Å². The molecule has 0 bridgehead atoms.